The first-order valence-corrected chi connectivity index (χ1v) is 10.0. The van der Waals surface area contributed by atoms with Crippen LogP contribution in [0.3, 0.4) is 0 Å². The van der Waals surface area contributed by atoms with E-state index in [4.69, 9.17) is 14.2 Å². The van der Waals surface area contributed by atoms with E-state index in [-0.39, 0.29) is 18.1 Å². The minimum Gasteiger partial charge on any atom is -0.497 e. The Morgan fingerprint density at radius 2 is 1.87 bits per heavy atom. The van der Waals surface area contributed by atoms with E-state index in [1.54, 1.807) is 30.0 Å². The van der Waals surface area contributed by atoms with Gasteiger partial charge in [0.1, 0.15) is 24.8 Å². The van der Waals surface area contributed by atoms with Crippen LogP contribution in [-0.4, -0.2) is 41.8 Å². The summed E-state index contributed by atoms with van der Waals surface area (Å²) in [6.07, 6.45) is 0.0649. The van der Waals surface area contributed by atoms with Crippen molar-refractivity contribution in [2.24, 2.45) is 0 Å². The van der Waals surface area contributed by atoms with E-state index in [0.717, 1.165) is 17.0 Å². The molecule has 0 saturated carbocycles. The Morgan fingerprint density at radius 1 is 1.13 bits per heavy atom. The van der Waals surface area contributed by atoms with Crippen LogP contribution in [0.4, 0.5) is 5.82 Å². The van der Waals surface area contributed by atoms with Gasteiger partial charge in [0.25, 0.3) is 0 Å². The number of amides is 1. The predicted molar refractivity (Wildman–Crippen MR) is 113 cm³/mol. The van der Waals surface area contributed by atoms with E-state index >= 15 is 0 Å². The normalized spacial score (nSPS) is 17.0. The highest BCUT2D eigenvalue weighted by Gasteiger charge is 2.36. The van der Waals surface area contributed by atoms with Crippen molar-refractivity contribution < 1.29 is 23.8 Å². The zero-order chi connectivity index (χ0) is 21.5. The van der Waals surface area contributed by atoms with Crippen LogP contribution < -0.4 is 19.5 Å². The van der Waals surface area contributed by atoms with Gasteiger partial charge in [0.2, 0.25) is 5.91 Å². The average molecular weight is 419 g/mol. The first-order chi connectivity index (χ1) is 15.0. The van der Waals surface area contributed by atoms with Gasteiger partial charge in [-0.25, -0.2) is 4.68 Å². The van der Waals surface area contributed by atoms with Gasteiger partial charge < -0.3 is 19.5 Å². The van der Waals surface area contributed by atoms with Crippen LogP contribution in [0.5, 0.6) is 17.2 Å². The first-order valence-electron chi connectivity index (χ1n) is 10.0. The Morgan fingerprint density at radius 3 is 2.61 bits per heavy atom. The van der Waals surface area contributed by atoms with Crippen LogP contribution in [0.15, 0.2) is 42.5 Å². The number of rotatable bonds is 4. The van der Waals surface area contributed by atoms with E-state index in [2.05, 4.69) is 10.4 Å². The van der Waals surface area contributed by atoms with Crippen molar-refractivity contribution in [3.8, 4) is 22.9 Å². The fourth-order valence-electron chi connectivity index (χ4n) is 4.08. The van der Waals surface area contributed by atoms with Crippen LogP contribution in [-0.2, 0) is 4.79 Å². The number of nitrogens with one attached hydrogen (secondary N) is 1. The lowest BCUT2D eigenvalue weighted by Crippen LogP contribution is -2.28. The topological polar surface area (TPSA) is 91.7 Å². The molecular formula is C23H21N3O5. The molecule has 0 bridgehead atoms. The number of ether oxygens (including phenoxy) is 3. The summed E-state index contributed by atoms with van der Waals surface area (Å²) in [6, 6.07) is 12.5. The molecule has 8 nitrogen and oxygen atoms in total. The molecule has 158 valence electrons. The van der Waals surface area contributed by atoms with Gasteiger partial charge in [0.15, 0.2) is 17.3 Å². The number of methoxy groups -OCH3 is 1. The number of aromatic nitrogens is 2. The maximum absolute atomic E-state index is 13.4. The number of anilines is 1. The van der Waals surface area contributed by atoms with Gasteiger partial charge in [-0.3, -0.25) is 9.59 Å². The third-order valence-corrected chi connectivity index (χ3v) is 5.56. The largest absolute Gasteiger partial charge is 0.497 e. The number of benzene rings is 2. The molecule has 8 heteroatoms. The Kier molecular flexibility index (Phi) is 4.62. The van der Waals surface area contributed by atoms with E-state index in [0.29, 0.717) is 41.8 Å². The van der Waals surface area contributed by atoms with Crippen molar-refractivity contribution in [2.75, 3.05) is 25.6 Å². The molecule has 0 spiro atoms. The highest BCUT2D eigenvalue weighted by atomic mass is 16.6. The monoisotopic (exact) mass is 419 g/mol. The number of Topliss-reactive ketones (excluding diaryl/α,β-unsaturated/α-hetero) is 1. The van der Waals surface area contributed by atoms with Crippen LogP contribution >= 0.6 is 0 Å². The fraction of sp³-hybridized carbons (Fsp3) is 0.261. The van der Waals surface area contributed by atoms with Crippen LogP contribution in [0.1, 0.15) is 34.0 Å². The number of ketones is 1. The van der Waals surface area contributed by atoms with E-state index in [9.17, 15) is 9.59 Å². The average Bonchev–Trinajstić information content (AvgIpc) is 3.13. The molecule has 3 heterocycles. The second-order valence-corrected chi connectivity index (χ2v) is 7.49. The van der Waals surface area contributed by atoms with Gasteiger partial charge in [0, 0.05) is 17.5 Å². The van der Waals surface area contributed by atoms with E-state index in [1.807, 2.05) is 31.2 Å². The van der Waals surface area contributed by atoms with Crippen LogP contribution in [0.2, 0.25) is 0 Å². The van der Waals surface area contributed by atoms with Gasteiger partial charge in [-0.05, 0) is 49.4 Å². The Balaban J connectivity index is 1.54. The molecule has 2 aliphatic heterocycles. The standard InChI is InChI=1S/C23H21N3O5/c1-13-21-17(22(28)14-3-8-18-19(11-14)31-10-9-30-18)12-20(27)24-23(21)26(25-13)15-4-6-16(29-2)7-5-15/h3-8,11,17H,9-10,12H2,1-2H3,(H,24,27)/t17-/m0/s1. The summed E-state index contributed by atoms with van der Waals surface area (Å²) in [7, 11) is 1.60. The number of hydrogen-bond acceptors (Lipinski definition) is 6. The molecular weight excluding hydrogens is 398 g/mol. The second-order valence-electron chi connectivity index (χ2n) is 7.49. The minimum absolute atomic E-state index is 0.0649. The van der Waals surface area contributed by atoms with E-state index < -0.39 is 5.92 Å². The Bertz CT molecular complexity index is 1180. The summed E-state index contributed by atoms with van der Waals surface area (Å²) >= 11 is 0. The first kappa shape index (κ1) is 19.2. The van der Waals surface area contributed by atoms with Crippen LogP contribution in [0, 0.1) is 6.92 Å². The van der Waals surface area contributed by atoms with Crippen molar-refractivity contribution >= 4 is 17.5 Å². The number of carbonyl (C=O) groups excluding carboxylic acids is 2. The molecule has 1 aromatic heterocycles. The molecule has 1 N–H and O–H groups in total. The number of hydrogen-bond donors (Lipinski definition) is 1. The lowest BCUT2D eigenvalue weighted by atomic mass is 9.85. The molecule has 2 aliphatic rings. The molecule has 0 unspecified atom stereocenters. The molecule has 5 rings (SSSR count). The number of aryl methyl sites for hydroxylation is 1. The predicted octanol–water partition coefficient (Wildman–Crippen LogP) is 3.27. The molecule has 0 saturated heterocycles. The van der Waals surface area contributed by atoms with E-state index in [1.165, 1.54) is 0 Å². The Labute approximate surface area is 178 Å². The summed E-state index contributed by atoms with van der Waals surface area (Å²) in [4.78, 5) is 26.0. The molecule has 1 amide bonds. The summed E-state index contributed by atoms with van der Waals surface area (Å²) in [5, 5.41) is 7.51. The third kappa shape index (κ3) is 3.30. The zero-order valence-corrected chi connectivity index (χ0v) is 17.2. The molecule has 1 atom stereocenters. The second kappa shape index (κ2) is 7.46. The molecule has 31 heavy (non-hydrogen) atoms. The van der Waals surface area contributed by atoms with Gasteiger partial charge in [-0.1, -0.05) is 0 Å². The number of fused-ring (bicyclic) bond motifs is 2. The van der Waals surface area contributed by atoms with Gasteiger partial charge in [-0.15, -0.1) is 0 Å². The SMILES string of the molecule is COc1ccc(-n2nc(C)c3c2NC(=O)C[C@@H]3C(=O)c2ccc3c(c2)OCCO3)cc1. The van der Waals surface area contributed by atoms with Crippen LogP contribution in [0.25, 0.3) is 5.69 Å². The Hall–Kier alpha value is -3.81. The maximum atomic E-state index is 13.4. The zero-order valence-electron chi connectivity index (χ0n) is 17.2. The summed E-state index contributed by atoms with van der Waals surface area (Å²) in [5.74, 6) is 1.41. The molecule has 2 aromatic carbocycles. The van der Waals surface area contributed by atoms with Crippen molar-refractivity contribution in [1.82, 2.24) is 9.78 Å². The summed E-state index contributed by atoms with van der Waals surface area (Å²) < 4.78 is 18.0. The number of nitrogens with zero attached hydrogens (tertiary/aromatic N) is 2. The van der Waals surface area contributed by atoms with Crippen molar-refractivity contribution in [1.29, 1.82) is 0 Å². The fourth-order valence-corrected chi connectivity index (χ4v) is 4.08. The molecule has 0 aliphatic carbocycles. The minimum atomic E-state index is -0.627. The number of carbonyl (C=O) groups is 2. The third-order valence-electron chi connectivity index (χ3n) is 5.56. The molecule has 0 radical (unpaired) electrons. The van der Waals surface area contributed by atoms with Gasteiger partial charge in [0.05, 0.1) is 24.4 Å². The summed E-state index contributed by atoms with van der Waals surface area (Å²) in [6.45, 7) is 2.77. The molecule has 0 fully saturated rings. The maximum Gasteiger partial charge on any atom is 0.226 e. The smallest absolute Gasteiger partial charge is 0.226 e. The summed E-state index contributed by atoms with van der Waals surface area (Å²) in [5.41, 5.74) is 2.67. The highest BCUT2D eigenvalue weighted by Crippen LogP contribution is 2.39. The van der Waals surface area contributed by atoms with Gasteiger partial charge in [-0.2, -0.15) is 5.10 Å². The molecule has 3 aromatic rings. The van der Waals surface area contributed by atoms with Crippen molar-refractivity contribution in [2.45, 2.75) is 19.3 Å². The lowest BCUT2D eigenvalue weighted by Gasteiger charge is -2.24. The van der Waals surface area contributed by atoms with Crippen molar-refractivity contribution in [3.63, 3.8) is 0 Å². The van der Waals surface area contributed by atoms with Gasteiger partial charge >= 0.3 is 0 Å². The lowest BCUT2D eigenvalue weighted by molar-refractivity contribution is -0.116. The quantitative estimate of drug-likeness (QED) is 0.653. The van der Waals surface area contributed by atoms with Crippen molar-refractivity contribution in [3.05, 3.63) is 59.3 Å². The highest BCUT2D eigenvalue weighted by molar-refractivity contribution is 6.08.